The quantitative estimate of drug-likeness (QED) is 0.727. The first-order valence-corrected chi connectivity index (χ1v) is 9.63. The maximum absolute atomic E-state index is 12.8. The van der Waals surface area contributed by atoms with Crippen LogP contribution in [-0.2, 0) is 5.41 Å². The third-order valence-corrected chi connectivity index (χ3v) is 5.68. The van der Waals surface area contributed by atoms with Crippen LogP contribution in [0.5, 0.6) is 11.5 Å². The summed E-state index contributed by atoms with van der Waals surface area (Å²) in [6, 6.07) is 7.09. The lowest BCUT2D eigenvalue weighted by atomic mass is 9.75. The summed E-state index contributed by atoms with van der Waals surface area (Å²) in [5, 5.41) is 7.10. The molecule has 0 bridgehead atoms. The number of aromatic nitrogens is 1. The molecule has 6 nitrogen and oxygen atoms in total. The Morgan fingerprint density at radius 3 is 2.33 bits per heavy atom. The minimum atomic E-state index is -0.349. The number of methoxy groups -OCH3 is 2. The van der Waals surface area contributed by atoms with Gasteiger partial charge in [0, 0.05) is 11.5 Å². The van der Waals surface area contributed by atoms with E-state index < -0.39 is 0 Å². The van der Waals surface area contributed by atoms with Crippen LogP contribution in [0.15, 0.2) is 28.8 Å². The predicted octanol–water partition coefficient (Wildman–Crippen LogP) is 4.95. The van der Waals surface area contributed by atoms with Crippen molar-refractivity contribution in [3.63, 3.8) is 0 Å². The molecule has 6 heteroatoms. The van der Waals surface area contributed by atoms with E-state index in [-0.39, 0.29) is 11.3 Å². The van der Waals surface area contributed by atoms with Crippen molar-refractivity contribution in [2.45, 2.75) is 57.3 Å². The maximum atomic E-state index is 12.8. The lowest BCUT2D eigenvalue weighted by Gasteiger charge is -2.28. The Morgan fingerprint density at radius 1 is 1.15 bits per heavy atom. The standard InChI is InChI=1S/C21H28N2O4/c1-4-21(12-7-5-6-8-13-21)17-14-18(27-23-17)22-20(24)19-15(25-2)10-9-11-16(19)26-3/h9-11,14H,4-8,12-13H2,1-3H3,(H,22,24). The monoisotopic (exact) mass is 372 g/mol. The summed E-state index contributed by atoms with van der Waals surface area (Å²) in [7, 11) is 3.05. The van der Waals surface area contributed by atoms with Crippen LogP contribution in [0.2, 0.25) is 0 Å². The first kappa shape index (κ1) is 19.3. The minimum Gasteiger partial charge on any atom is -0.496 e. The normalized spacial score (nSPS) is 16.4. The highest BCUT2D eigenvalue weighted by atomic mass is 16.5. The summed E-state index contributed by atoms with van der Waals surface area (Å²) in [5.41, 5.74) is 1.32. The molecule has 1 amide bonds. The molecular weight excluding hydrogens is 344 g/mol. The summed E-state index contributed by atoms with van der Waals surface area (Å²) in [6.07, 6.45) is 8.22. The van der Waals surface area contributed by atoms with Gasteiger partial charge in [0.05, 0.1) is 19.9 Å². The number of carbonyl (C=O) groups excluding carboxylic acids is 1. The zero-order valence-corrected chi connectivity index (χ0v) is 16.3. The molecule has 1 aliphatic rings. The molecule has 1 fully saturated rings. The molecule has 0 aliphatic heterocycles. The summed E-state index contributed by atoms with van der Waals surface area (Å²) in [5.74, 6) is 0.888. The van der Waals surface area contributed by atoms with Gasteiger partial charge in [-0.25, -0.2) is 0 Å². The molecule has 0 radical (unpaired) electrons. The molecule has 27 heavy (non-hydrogen) atoms. The number of nitrogens with zero attached hydrogens (tertiary/aromatic N) is 1. The van der Waals surface area contributed by atoms with E-state index in [1.165, 1.54) is 39.9 Å². The van der Waals surface area contributed by atoms with Gasteiger partial charge in [-0.15, -0.1) is 0 Å². The van der Waals surface area contributed by atoms with E-state index in [0.29, 0.717) is 22.9 Å². The van der Waals surface area contributed by atoms with Crippen LogP contribution < -0.4 is 14.8 Å². The third-order valence-electron chi connectivity index (χ3n) is 5.68. The van der Waals surface area contributed by atoms with Gasteiger partial charge in [0.1, 0.15) is 17.1 Å². The Labute approximate surface area is 160 Å². The van der Waals surface area contributed by atoms with Crippen molar-refractivity contribution in [3.05, 3.63) is 35.5 Å². The van der Waals surface area contributed by atoms with Crippen molar-refractivity contribution < 1.29 is 18.8 Å². The smallest absolute Gasteiger partial charge is 0.265 e. The molecule has 1 saturated carbocycles. The second-order valence-electron chi connectivity index (χ2n) is 7.12. The zero-order valence-electron chi connectivity index (χ0n) is 16.3. The van der Waals surface area contributed by atoms with E-state index in [1.54, 1.807) is 18.2 Å². The Hall–Kier alpha value is -2.50. The predicted molar refractivity (Wildman–Crippen MR) is 104 cm³/mol. The number of rotatable bonds is 6. The first-order valence-electron chi connectivity index (χ1n) is 9.63. The van der Waals surface area contributed by atoms with Gasteiger partial charge in [0.2, 0.25) is 5.88 Å². The highest BCUT2D eigenvalue weighted by molar-refractivity contribution is 6.07. The van der Waals surface area contributed by atoms with Crippen LogP contribution in [-0.4, -0.2) is 25.3 Å². The van der Waals surface area contributed by atoms with Gasteiger partial charge >= 0.3 is 0 Å². The Bertz CT molecular complexity index is 754. The van der Waals surface area contributed by atoms with Crippen molar-refractivity contribution in [1.29, 1.82) is 0 Å². The van der Waals surface area contributed by atoms with Gasteiger partial charge in [-0.1, -0.05) is 43.8 Å². The van der Waals surface area contributed by atoms with Crippen molar-refractivity contribution in [3.8, 4) is 11.5 Å². The van der Waals surface area contributed by atoms with Gasteiger partial charge in [0.25, 0.3) is 5.91 Å². The summed E-state index contributed by atoms with van der Waals surface area (Å²) >= 11 is 0. The molecule has 1 aliphatic carbocycles. The van der Waals surface area contributed by atoms with E-state index in [0.717, 1.165) is 25.0 Å². The molecule has 3 rings (SSSR count). The molecule has 1 N–H and O–H groups in total. The number of hydrogen-bond donors (Lipinski definition) is 1. The minimum absolute atomic E-state index is 0.0467. The number of carbonyl (C=O) groups is 1. The molecule has 1 heterocycles. The SMILES string of the molecule is CCC1(c2cc(NC(=O)c3c(OC)cccc3OC)on2)CCCCCC1. The average Bonchev–Trinajstić information content (AvgIpc) is 3.03. The largest absolute Gasteiger partial charge is 0.496 e. The van der Waals surface area contributed by atoms with Crippen LogP contribution in [0.4, 0.5) is 5.88 Å². The van der Waals surface area contributed by atoms with Gasteiger partial charge in [-0.05, 0) is 31.4 Å². The van der Waals surface area contributed by atoms with E-state index >= 15 is 0 Å². The molecule has 1 aromatic carbocycles. The average molecular weight is 372 g/mol. The molecule has 0 saturated heterocycles. The molecule has 0 unspecified atom stereocenters. The Kier molecular flexibility index (Phi) is 6.04. The molecule has 2 aromatic rings. The van der Waals surface area contributed by atoms with Gasteiger partial charge < -0.3 is 14.0 Å². The van der Waals surface area contributed by atoms with E-state index in [1.807, 2.05) is 6.07 Å². The number of ether oxygens (including phenoxy) is 2. The third kappa shape index (κ3) is 3.94. The van der Waals surface area contributed by atoms with Crippen molar-refractivity contribution >= 4 is 11.8 Å². The molecule has 0 spiro atoms. The van der Waals surface area contributed by atoms with Crippen LogP contribution in [0, 0.1) is 0 Å². The van der Waals surface area contributed by atoms with Crippen molar-refractivity contribution in [1.82, 2.24) is 5.16 Å². The van der Waals surface area contributed by atoms with Crippen molar-refractivity contribution in [2.75, 3.05) is 19.5 Å². The summed E-state index contributed by atoms with van der Waals surface area (Å²) < 4.78 is 16.1. The van der Waals surface area contributed by atoms with Crippen LogP contribution >= 0.6 is 0 Å². The molecular formula is C21H28N2O4. The highest BCUT2D eigenvalue weighted by Crippen LogP contribution is 2.41. The molecule has 0 atom stereocenters. The fraction of sp³-hybridized carbons (Fsp3) is 0.524. The fourth-order valence-electron chi connectivity index (χ4n) is 4.03. The number of benzene rings is 1. The topological polar surface area (TPSA) is 73.6 Å². The van der Waals surface area contributed by atoms with Gasteiger partial charge in [-0.2, -0.15) is 0 Å². The van der Waals surface area contributed by atoms with E-state index in [4.69, 9.17) is 14.0 Å². The van der Waals surface area contributed by atoms with Crippen LogP contribution in [0.3, 0.4) is 0 Å². The van der Waals surface area contributed by atoms with E-state index in [2.05, 4.69) is 17.4 Å². The zero-order chi connectivity index (χ0) is 19.3. The Balaban J connectivity index is 1.83. The van der Waals surface area contributed by atoms with Crippen LogP contribution in [0.1, 0.15) is 67.9 Å². The van der Waals surface area contributed by atoms with Gasteiger partial charge in [0.15, 0.2) is 0 Å². The second kappa shape index (κ2) is 8.46. The maximum Gasteiger partial charge on any atom is 0.265 e. The second-order valence-corrected chi connectivity index (χ2v) is 7.12. The van der Waals surface area contributed by atoms with E-state index in [9.17, 15) is 4.79 Å². The molecule has 146 valence electrons. The lowest BCUT2D eigenvalue weighted by molar-refractivity contribution is 0.101. The number of hydrogen-bond acceptors (Lipinski definition) is 5. The van der Waals surface area contributed by atoms with Crippen LogP contribution in [0.25, 0.3) is 0 Å². The highest BCUT2D eigenvalue weighted by Gasteiger charge is 2.34. The Morgan fingerprint density at radius 2 is 1.78 bits per heavy atom. The fourth-order valence-corrected chi connectivity index (χ4v) is 4.03. The van der Waals surface area contributed by atoms with Crippen molar-refractivity contribution in [2.24, 2.45) is 0 Å². The number of amides is 1. The molecule has 1 aromatic heterocycles. The number of nitrogens with one attached hydrogen (secondary N) is 1. The summed E-state index contributed by atoms with van der Waals surface area (Å²) in [6.45, 7) is 2.21. The van der Waals surface area contributed by atoms with Gasteiger partial charge in [-0.3, -0.25) is 10.1 Å². The number of anilines is 1. The first-order chi connectivity index (χ1) is 13.1. The lowest BCUT2D eigenvalue weighted by Crippen LogP contribution is -2.24. The summed E-state index contributed by atoms with van der Waals surface area (Å²) in [4.78, 5) is 12.8.